The highest BCUT2D eigenvalue weighted by Crippen LogP contribution is 2.26. The van der Waals surface area contributed by atoms with Crippen LogP contribution in [0.3, 0.4) is 0 Å². The molecule has 0 fully saturated rings. The van der Waals surface area contributed by atoms with Gasteiger partial charge in [0.25, 0.3) is 5.56 Å². The van der Waals surface area contributed by atoms with Gasteiger partial charge >= 0.3 is 6.18 Å². The average Bonchev–Trinajstić information content (AvgIpc) is 2.77. The predicted molar refractivity (Wildman–Crippen MR) is 69.0 cm³/mol. The lowest BCUT2D eigenvalue weighted by atomic mass is 10.4. The smallest absolute Gasteiger partial charge is 0.302 e. The third-order valence-electron chi connectivity index (χ3n) is 2.30. The van der Waals surface area contributed by atoms with E-state index in [4.69, 9.17) is 0 Å². The Labute approximate surface area is 120 Å². The molecule has 21 heavy (non-hydrogen) atoms. The summed E-state index contributed by atoms with van der Waals surface area (Å²) in [5.41, 5.74) is -1.49. The van der Waals surface area contributed by atoms with Gasteiger partial charge in [0.1, 0.15) is 0 Å². The van der Waals surface area contributed by atoms with Gasteiger partial charge in [0.2, 0.25) is 5.91 Å². The maximum Gasteiger partial charge on any atom is 0.435 e. The average molecular weight is 318 g/mol. The van der Waals surface area contributed by atoms with E-state index in [1.54, 1.807) is 0 Å². The van der Waals surface area contributed by atoms with E-state index >= 15 is 0 Å². The second-order valence-corrected chi connectivity index (χ2v) is 4.90. The predicted octanol–water partition coefficient (Wildman–Crippen LogP) is 1.73. The Morgan fingerprint density at radius 3 is 2.76 bits per heavy atom. The van der Waals surface area contributed by atoms with Crippen LogP contribution in [-0.4, -0.2) is 20.7 Å². The fraction of sp³-hybridized carbons (Fsp3) is 0.273. The van der Waals surface area contributed by atoms with Gasteiger partial charge in [0, 0.05) is 18.4 Å². The number of nitrogens with one attached hydrogen (secondary N) is 1. The number of alkyl halides is 3. The first-order valence-electron chi connectivity index (χ1n) is 5.63. The molecule has 0 atom stereocenters. The Morgan fingerprint density at radius 1 is 1.43 bits per heavy atom. The van der Waals surface area contributed by atoms with Crippen molar-refractivity contribution in [3.8, 4) is 0 Å². The van der Waals surface area contributed by atoms with Gasteiger partial charge in [-0.1, -0.05) is 0 Å². The van der Waals surface area contributed by atoms with E-state index in [1.165, 1.54) is 12.3 Å². The lowest BCUT2D eigenvalue weighted by molar-refractivity contribution is -0.142. The van der Waals surface area contributed by atoms with Gasteiger partial charge in [-0.2, -0.15) is 18.3 Å². The normalized spacial score (nSPS) is 11.4. The number of carbonyl (C=O) groups is 1. The molecule has 1 N–H and O–H groups in total. The number of aromatic nitrogens is 3. The van der Waals surface area contributed by atoms with E-state index in [0.29, 0.717) is 21.6 Å². The van der Waals surface area contributed by atoms with Crippen molar-refractivity contribution in [2.24, 2.45) is 0 Å². The molecule has 0 aliphatic carbocycles. The first-order chi connectivity index (χ1) is 9.75. The summed E-state index contributed by atoms with van der Waals surface area (Å²) in [5, 5.41) is 7.54. The molecule has 2 rings (SSSR count). The third kappa shape index (κ3) is 3.88. The fourth-order valence-corrected chi connectivity index (χ4v) is 2.20. The molecule has 10 heteroatoms. The largest absolute Gasteiger partial charge is 0.435 e. The van der Waals surface area contributed by atoms with Gasteiger partial charge in [0.05, 0.1) is 12.2 Å². The van der Waals surface area contributed by atoms with Gasteiger partial charge < -0.3 is 5.32 Å². The van der Waals surface area contributed by atoms with Crippen LogP contribution < -0.4 is 10.9 Å². The zero-order valence-electron chi connectivity index (χ0n) is 10.6. The summed E-state index contributed by atoms with van der Waals surface area (Å²) in [4.78, 5) is 26.4. The summed E-state index contributed by atoms with van der Waals surface area (Å²) in [6, 6.07) is 1.43. The van der Waals surface area contributed by atoms with Crippen LogP contribution in [0, 0.1) is 0 Å². The lowest BCUT2D eigenvalue weighted by Gasteiger charge is -2.08. The van der Waals surface area contributed by atoms with Gasteiger partial charge in [-0.15, -0.1) is 11.3 Å². The molecule has 0 spiro atoms. The highest BCUT2D eigenvalue weighted by molar-refractivity contribution is 7.13. The number of thiazole rings is 1. The summed E-state index contributed by atoms with van der Waals surface area (Å²) in [5.74, 6) is -0.315. The van der Waals surface area contributed by atoms with E-state index in [0.717, 1.165) is 17.4 Å². The van der Waals surface area contributed by atoms with Crippen LogP contribution in [0.1, 0.15) is 18.3 Å². The van der Waals surface area contributed by atoms with Crippen LogP contribution in [0.15, 0.2) is 22.3 Å². The number of hydrogen-bond donors (Lipinski definition) is 1. The minimum Gasteiger partial charge on any atom is -0.302 e. The van der Waals surface area contributed by atoms with Gasteiger partial charge in [-0.05, 0) is 6.07 Å². The first-order valence-corrected chi connectivity index (χ1v) is 6.51. The number of halogens is 3. The number of anilines is 1. The van der Waals surface area contributed by atoms with E-state index in [1.807, 2.05) is 0 Å². The minimum atomic E-state index is -4.63. The van der Waals surface area contributed by atoms with Crippen molar-refractivity contribution in [3.63, 3.8) is 0 Å². The van der Waals surface area contributed by atoms with E-state index in [2.05, 4.69) is 15.4 Å². The van der Waals surface area contributed by atoms with Crippen molar-refractivity contribution in [2.45, 2.75) is 19.6 Å². The lowest BCUT2D eigenvalue weighted by Crippen LogP contribution is -2.26. The zero-order chi connectivity index (χ0) is 15.6. The van der Waals surface area contributed by atoms with Crippen molar-refractivity contribution in [2.75, 3.05) is 5.32 Å². The highest BCUT2D eigenvalue weighted by atomic mass is 32.1. The molecule has 2 heterocycles. The molecule has 0 unspecified atom stereocenters. The molecule has 0 aromatic carbocycles. The molecule has 0 aliphatic rings. The van der Waals surface area contributed by atoms with Crippen LogP contribution in [-0.2, 0) is 17.5 Å². The summed E-state index contributed by atoms with van der Waals surface area (Å²) in [6.45, 7) is 1.10. The highest BCUT2D eigenvalue weighted by Gasteiger charge is 2.33. The molecule has 2 aromatic rings. The van der Waals surface area contributed by atoms with Crippen LogP contribution in [0.2, 0.25) is 0 Å². The maximum absolute atomic E-state index is 12.5. The number of carbonyl (C=O) groups excluding carboxylic acids is 1. The second kappa shape index (κ2) is 5.64. The SMILES string of the molecule is CC(=O)Nc1nc(Cn2nc(C(F)(F)F)ccc2=O)cs1. The summed E-state index contributed by atoms with van der Waals surface area (Å²) >= 11 is 1.10. The molecule has 112 valence electrons. The molecule has 0 aliphatic heterocycles. The molecular weight excluding hydrogens is 309 g/mol. The van der Waals surface area contributed by atoms with Crippen molar-refractivity contribution < 1.29 is 18.0 Å². The zero-order valence-corrected chi connectivity index (χ0v) is 11.5. The van der Waals surface area contributed by atoms with Crippen LogP contribution in [0.5, 0.6) is 0 Å². The van der Waals surface area contributed by atoms with Gasteiger partial charge in [-0.25, -0.2) is 9.67 Å². The maximum atomic E-state index is 12.5. The topological polar surface area (TPSA) is 76.9 Å². The fourth-order valence-electron chi connectivity index (χ4n) is 1.45. The Balaban J connectivity index is 2.25. The molecule has 0 saturated carbocycles. The number of amides is 1. The Hall–Kier alpha value is -2.23. The van der Waals surface area contributed by atoms with Crippen LogP contribution in [0.25, 0.3) is 0 Å². The van der Waals surface area contributed by atoms with E-state index in [-0.39, 0.29) is 12.5 Å². The van der Waals surface area contributed by atoms with Crippen LogP contribution >= 0.6 is 11.3 Å². The minimum absolute atomic E-state index is 0.209. The molecular formula is C11H9F3N4O2S. The summed E-state index contributed by atoms with van der Waals surface area (Å²) in [6.07, 6.45) is -4.63. The number of nitrogens with zero attached hydrogens (tertiary/aromatic N) is 3. The monoisotopic (exact) mass is 318 g/mol. The Bertz CT molecular complexity index is 723. The Morgan fingerprint density at radius 2 is 2.14 bits per heavy atom. The molecule has 0 radical (unpaired) electrons. The molecule has 2 aromatic heterocycles. The van der Waals surface area contributed by atoms with E-state index < -0.39 is 17.4 Å². The first kappa shape index (κ1) is 15.2. The van der Waals surface area contributed by atoms with E-state index in [9.17, 15) is 22.8 Å². The third-order valence-corrected chi connectivity index (χ3v) is 3.11. The van der Waals surface area contributed by atoms with Crippen LogP contribution in [0.4, 0.5) is 18.3 Å². The number of rotatable bonds is 3. The summed E-state index contributed by atoms with van der Waals surface area (Å²) in [7, 11) is 0. The summed E-state index contributed by atoms with van der Waals surface area (Å²) < 4.78 is 38.3. The Kier molecular flexibility index (Phi) is 4.07. The van der Waals surface area contributed by atoms with Crippen molar-refractivity contribution in [1.82, 2.24) is 14.8 Å². The van der Waals surface area contributed by atoms with Crippen molar-refractivity contribution in [3.05, 3.63) is 39.3 Å². The second-order valence-electron chi connectivity index (χ2n) is 4.04. The number of hydrogen-bond acceptors (Lipinski definition) is 5. The molecule has 0 saturated heterocycles. The molecule has 1 amide bonds. The van der Waals surface area contributed by atoms with Gasteiger partial charge in [0.15, 0.2) is 10.8 Å². The van der Waals surface area contributed by atoms with Crippen molar-refractivity contribution >= 4 is 22.4 Å². The molecule has 0 bridgehead atoms. The van der Waals surface area contributed by atoms with Gasteiger partial charge in [-0.3, -0.25) is 9.59 Å². The standard InChI is InChI=1S/C11H9F3N4O2S/c1-6(19)15-10-16-7(5-21-10)4-18-9(20)3-2-8(17-18)11(12,13)14/h2-3,5H,4H2,1H3,(H,15,16,19). The molecule has 6 nitrogen and oxygen atoms in total. The quantitative estimate of drug-likeness (QED) is 0.935. The van der Waals surface area contributed by atoms with Crippen molar-refractivity contribution in [1.29, 1.82) is 0 Å².